The van der Waals surface area contributed by atoms with Crippen LogP contribution in [-0.4, -0.2) is 57.1 Å². The number of likely N-dealkylation sites (N-methyl/N-ethyl adjacent to an activating group) is 1. The van der Waals surface area contributed by atoms with Crippen molar-refractivity contribution in [3.8, 4) is 0 Å². The van der Waals surface area contributed by atoms with Crippen molar-refractivity contribution < 1.29 is 4.79 Å². The van der Waals surface area contributed by atoms with Gasteiger partial charge in [-0.3, -0.25) is 14.8 Å². The molecule has 24 heavy (non-hydrogen) atoms. The van der Waals surface area contributed by atoms with Gasteiger partial charge in [-0.05, 0) is 52.6 Å². The lowest BCUT2D eigenvalue weighted by Crippen LogP contribution is -2.56. The molecule has 5 heteroatoms. The second-order valence-corrected chi connectivity index (χ2v) is 7.53. The lowest BCUT2D eigenvalue weighted by Gasteiger charge is -2.45. The molecule has 128 valence electrons. The summed E-state index contributed by atoms with van der Waals surface area (Å²) >= 11 is 0. The Bertz CT molecular complexity index is 753. The standard InChI is InChI=1S/C19H26N4O/c1-12(2)23(17-11-9-13-8-10-16(17)22(13)3)19(24)18-14-6-4-5-7-15(14)20-21-18/h4-7,12-13,16-17H,8-11H2,1-3H3,(H,20,21). The Kier molecular flexibility index (Phi) is 3.83. The van der Waals surface area contributed by atoms with Crippen LogP contribution in [0.15, 0.2) is 24.3 Å². The van der Waals surface area contributed by atoms with Gasteiger partial charge in [-0.1, -0.05) is 18.2 Å². The third-order valence-corrected chi connectivity index (χ3v) is 5.96. The molecule has 0 aliphatic carbocycles. The van der Waals surface area contributed by atoms with E-state index in [1.165, 1.54) is 19.3 Å². The Morgan fingerprint density at radius 1 is 1.25 bits per heavy atom. The fourth-order valence-corrected chi connectivity index (χ4v) is 4.75. The lowest BCUT2D eigenvalue weighted by atomic mass is 9.94. The maximum Gasteiger partial charge on any atom is 0.275 e. The van der Waals surface area contributed by atoms with Crippen molar-refractivity contribution >= 4 is 16.8 Å². The van der Waals surface area contributed by atoms with Crippen LogP contribution in [0.2, 0.25) is 0 Å². The van der Waals surface area contributed by atoms with Gasteiger partial charge in [0.15, 0.2) is 5.69 Å². The molecule has 2 aliphatic heterocycles. The maximum atomic E-state index is 13.4. The molecule has 5 nitrogen and oxygen atoms in total. The van der Waals surface area contributed by atoms with Gasteiger partial charge in [0.05, 0.1) is 5.52 Å². The third-order valence-electron chi connectivity index (χ3n) is 5.96. The van der Waals surface area contributed by atoms with Crippen molar-refractivity contribution in [3.63, 3.8) is 0 Å². The predicted octanol–water partition coefficient (Wildman–Crippen LogP) is 3.04. The predicted molar refractivity (Wildman–Crippen MR) is 95.0 cm³/mol. The van der Waals surface area contributed by atoms with Crippen LogP contribution in [0.3, 0.4) is 0 Å². The highest BCUT2D eigenvalue weighted by Gasteiger charge is 2.44. The van der Waals surface area contributed by atoms with E-state index in [2.05, 4.69) is 40.9 Å². The molecule has 3 atom stereocenters. The molecule has 2 bridgehead atoms. The van der Waals surface area contributed by atoms with E-state index in [1.807, 2.05) is 24.3 Å². The monoisotopic (exact) mass is 326 g/mol. The summed E-state index contributed by atoms with van der Waals surface area (Å²) in [4.78, 5) is 18.0. The van der Waals surface area contributed by atoms with Crippen molar-refractivity contribution in [2.75, 3.05) is 7.05 Å². The smallest absolute Gasteiger partial charge is 0.275 e. The van der Waals surface area contributed by atoms with E-state index in [4.69, 9.17) is 0 Å². The van der Waals surface area contributed by atoms with E-state index in [0.29, 0.717) is 17.8 Å². The Morgan fingerprint density at radius 2 is 2.00 bits per heavy atom. The number of hydrogen-bond donors (Lipinski definition) is 1. The second-order valence-electron chi connectivity index (χ2n) is 7.53. The molecule has 2 saturated heterocycles. The topological polar surface area (TPSA) is 52.2 Å². The number of carbonyl (C=O) groups is 1. The molecule has 0 radical (unpaired) electrons. The van der Waals surface area contributed by atoms with Gasteiger partial charge in [0.2, 0.25) is 0 Å². The number of nitrogens with one attached hydrogen (secondary N) is 1. The average molecular weight is 326 g/mol. The molecular weight excluding hydrogens is 300 g/mol. The largest absolute Gasteiger partial charge is 0.330 e. The van der Waals surface area contributed by atoms with Gasteiger partial charge in [-0.25, -0.2) is 0 Å². The number of carbonyl (C=O) groups excluding carboxylic acids is 1. The zero-order valence-electron chi connectivity index (χ0n) is 14.7. The van der Waals surface area contributed by atoms with Crippen LogP contribution in [-0.2, 0) is 0 Å². The first kappa shape index (κ1) is 15.6. The third kappa shape index (κ3) is 2.34. The number of benzene rings is 1. The number of H-pyrrole nitrogens is 1. The summed E-state index contributed by atoms with van der Waals surface area (Å²) < 4.78 is 0. The summed E-state index contributed by atoms with van der Waals surface area (Å²) in [5.41, 5.74) is 1.48. The van der Waals surface area contributed by atoms with E-state index >= 15 is 0 Å². The van der Waals surface area contributed by atoms with E-state index in [1.54, 1.807) is 0 Å². The molecule has 3 heterocycles. The van der Waals surface area contributed by atoms with Crippen molar-refractivity contribution in [1.29, 1.82) is 0 Å². The zero-order chi connectivity index (χ0) is 16.8. The summed E-state index contributed by atoms with van der Waals surface area (Å²) in [5, 5.41) is 8.26. The Hall–Kier alpha value is -1.88. The molecule has 1 N–H and O–H groups in total. The lowest BCUT2D eigenvalue weighted by molar-refractivity contribution is 0.0294. The second kappa shape index (κ2) is 5.88. The highest BCUT2D eigenvalue weighted by Crippen LogP contribution is 2.38. The summed E-state index contributed by atoms with van der Waals surface area (Å²) in [5.74, 6) is 0.0613. The number of piperidine rings is 1. The number of amides is 1. The molecule has 2 fully saturated rings. The first-order chi connectivity index (χ1) is 11.6. The van der Waals surface area contributed by atoms with Crippen LogP contribution in [0.4, 0.5) is 0 Å². The molecule has 1 aromatic carbocycles. The number of aromatic amines is 1. The van der Waals surface area contributed by atoms with Gasteiger partial charge in [0, 0.05) is 29.6 Å². The van der Waals surface area contributed by atoms with Crippen molar-refractivity contribution in [2.24, 2.45) is 0 Å². The molecule has 0 saturated carbocycles. The Morgan fingerprint density at radius 3 is 2.79 bits per heavy atom. The van der Waals surface area contributed by atoms with E-state index < -0.39 is 0 Å². The van der Waals surface area contributed by atoms with Crippen molar-refractivity contribution in [2.45, 2.75) is 63.7 Å². The summed E-state index contributed by atoms with van der Waals surface area (Å²) in [6.07, 6.45) is 4.76. The first-order valence-corrected chi connectivity index (χ1v) is 9.05. The minimum Gasteiger partial charge on any atom is -0.330 e. The summed E-state index contributed by atoms with van der Waals surface area (Å²) in [6.45, 7) is 4.24. The fraction of sp³-hybridized carbons (Fsp3) is 0.579. The van der Waals surface area contributed by atoms with E-state index in [9.17, 15) is 4.79 Å². The van der Waals surface area contributed by atoms with Crippen LogP contribution in [0.5, 0.6) is 0 Å². The normalized spacial score (nSPS) is 27.1. The number of para-hydroxylation sites is 1. The molecule has 1 aromatic heterocycles. The van der Waals surface area contributed by atoms with Gasteiger partial charge < -0.3 is 4.90 Å². The molecular formula is C19H26N4O. The molecule has 0 spiro atoms. The van der Waals surface area contributed by atoms with Crippen LogP contribution >= 0.6 is 0 Å². The number of fused-ring (bicyclic) bond motifs is 3. The van der Waals surface area contributed by atoms with Gasteiger partial charge in [-0.15, -0.1) is 0 Å². The minimum atomic E-state index is 0.0613. The highest BCUT2D eigenvalue weighted by atomic mass is 16.2. The van der Waals surface area contributed by atoms with Gasteiger partial charge >= 0.3 is 0 Å². The minimum absolute atomic E-state index is 0.0613. The van der Waals surface area contributed by atoms with E-state index in [0.717, 1.165) is 17.3 Å². The van der Waals surface area contributed by atoms with Gasteiger partial charge in [0.25, 0.3) is 5.91 Å². The van der Waals surface area contributed by atoms with Crippen LogP contribution < -0.4 is 0 Å². The molecule has 4 rings (SSSR count). The van der Waals surface area contributed by atoms with Gasteiger partial charge in [0.1, 0.15) is 0 Å². The SMILES string of the molecule is CC(C)N(C(=O)c1n[nH]c2ccccc12)C1CCC2CCC1N2C. The Labute approximate surface area is 143 Å². The van der Waals surface area contributed by atoms with Crippen LogP contribution in [0.1, 0.15) is 50.0 Å². The summed E-state index contributed by atoms with van der Waals surface area (Å²) in [6, 6.07) is 9.52. The molecule has 3 unspecified atom stereocenters. The quantitative estimate of drug-likeness (QED) is 0.943. The highest BCUT2D eigenvalue weighted by molar-refractivity contribution is 6.04. The maximum absolute atomic E-state index is 13.4. The van der Waals surface area contributed by atoms with Crippen LogP contribution in [0, 0.1) is 0 Å². The molecule has 2 aromatic rings. The number of aromatic nitrogens is 2. The zero-order valence-corrected chi connectivity index (χ0v) is 14.7. The summed E-state index contributed by atoms with van der Waals surface area (Å²) in [7, 11) is 2.22. The van der Waals surface area contributed by atoms with Gasteiger partial charge in [-0.2, -0.15) is 5.10 Å². The Balaban J connectivity index is 1.69. The average Bonchev–Trinajstić information content (AvgIpc) is 3.07. The molecule has 2 aliphatic rings. The number of hydrogen-bond acceptors (Lipinski definition) is 3. The van der Waals surface area contributed by atoms with Crippen molar-refractivity contribution in [3.05, 3.63) is 30.0 Å². The van der Waals surface area contributed by atoms with Crippen LogP contribution in [0.25, 0.3) is 10.9 Å². The van der Waals surface area contributed by atoms with E-state index in [-0.39, 0.29) is 18.0 Å². The first-order valence-electron chi connectivity index (χ1n) is 9.05. The van der Waals surface area contributed by atoms with Crippen molar-refractivity contribution in [1.82, 2.24) is 20.0 Å². The number of nitrogens with zero attached hydrogens (tertiary/aromatic N) is 3. The number of rotatable bonds is 3. The molecule has 1 amide bonds. The fourth-order valence-electron chi connectivity index (χ4n) is 4.75.